The molecule has 10 rings (SSSR count). The van der Waals surface area contributed by atoms with Crippen molar-refractivity contribution in [3.05, 3.63) is 71.1 Å². The van der Waals surface area contributed by atoms with Gasteiger partial charge in [0.05, 0.1) is 59.4 Å². The minimum Gasteiger partial charge on any atom is -0.490 e. The molecule has 2 aromatic heterocycles. The van der Waals surface area contributed by atoms with Gasteiger partial charge in [-0.1, -0.05) is 50.7 Å². The van der Waals surface area contributed by atoms with Crippen molar-refractivity contribution in [3.63, 3.8) is 0 Å². The number of carbonyl (C=O) groups excluding carboxylic acids is 4. The molecule has 0 bridgehead atoms. The monoisotopic (exact) mass is 1050 g/mol. The number of aliphatic hydroxyl groups is 1. The predicted molar refractivity (Wildman–Crippen MR) is 285 cm³/mol. The van der Waals surface area contributed by atoms with Gasteiger partial charge in [-0.2, -0.15) is 0 Å². The van der Waals surface area contributed by atoms with Crippen LogP contribution in [-0.2, 0) is 36.9 Å². The molecule has 1 spiro atoms. The number of thiazole rings is 1. The largest absolute Gasteiger partial charge is 0.490 e. The summed E-state index contributed by atoms with van der Waals surface area (Å²) < 4.78 is 12.7. The number of carbonyl (C=O) groups is 4. The molecule has 396 valence electrons. The van der Waals surface area contributed by atoms with E-state index >= 15 is 0 Å². The SMILES string of the molecule is CC(=O)N[C@H](C(=O)N1C[C@H](O)C[C@H]1C(=O)NCc1ccc(-c2scnc2C)cc1OC1CCC(C(=O)N2CC(N3CCc4c(Sc5cnc(N6CCC7(CC6)CO[C@@H](C)[C@H]7N)cn5)cccc43)C2)CC1)C(C)(C)C. The summed E-state index contributed by atoms with van der Waals surface area (Å²) in [4.78, 5) is 78.4. The highest BCUT2D eigenvalue weighted by atomic mass is 32.2. The maximum atomic E-state index is 14.0. The normalized spacial score (nSPS) is 25.2. The summed E-state index contributed by atoms with van der Waals surface area (Å²) in [5, 5.41) is 17.3. The molecule has 7 heterocycles. The summed E-state index contributed by atoms with van der Waals surface area (Å²) in [7, 11) is 0. The number of nitrogens with zero attached hydrogens (tertiary/aromatic N) is 7. The number of aryl methyl sites for hydroxylation is 1. The van der Waals surface area contributed by atoms with Crippen molar-refractivity contribution in [1.29, 1.82) is 0 Å². The van der Waals surface area contributed by atoms with E-state index in [1.54, 1.807) is 23.1 Å². The van der Waals surface area contributed by atoms with E-state index in [9.17, 15) is 24.3 Å². The van der Waals surface area contributed by atoms with Crippen LogP contribution in [0.25, 0.3) is 10.4 Å². The van der Waals surface area contributed by atoms with Crippen molar-refractivity contribution in [1.82, 2.24) is 35.4 Å². The molecule has 1 aliphatic carbocycles. The Morgan fingerprint density at radius 3 is 2.45 bits per heavy atom. The summed E-state index contributed by atoms with van der Waals surface area (Å²) >= 11 is 3.22. The van der Waals surface area contributed by atoms with Crippen molar-refractivity contribution in [2.45, 2.75) is 152 Å². The summed E-state index contributed by atoms with van der Waals surface area (Å²) in [6, 6.07) is 11.1. The number of aliphatic hydroxyl groups excluding tert-OH is 1. The Labute approximate surface area is 442 Å². The number of amides is 4. The molecule has 2 aromatic carbocycles. The fraction of sp³-hybridized carbons (Fsp3) is 0.582. The number of anilines is 2. The van der Waals surface area contributed by atoms with Crippen LogP contribution in [0.2, 0.25) is 0 Å². The highest BCUT2D eigenvalue weighted by Crippen LogP contribution is 2.44. The van der Waals surface area contributed by atoms with Crippen LogP contribution in [0.4, 0.5) is 11.5 Å². The lowest BCUT2D eigenvalue weighted by Gasteiger charge is -2.46. The van der Waals surface area contributed by atoms with Gasteiger partial charge in [0, 0.05) is 92.7 Å². The van der Waals surface area contributed by atoms with Crippen molar-refractivity contribution < 1.29 is 33.8 Å². The second kappa shape index (κ2) is 21.4. The number of benzene rings is 2. The zero-order chi connectivity index (χ0) is 52.1. The van der Waals surface area contributed by atoms with E-state index in [2.05, 4.69) is 50.5 Å². The number of likely N-dealkylation sites (tertiary alicyclic amines) is 2. The number of nitrogens with two attached hydrogens (primary N) is 1. The van der Waals surface area contributed by atoms with Gasteiger partial charge in [-0.15, -0.1) is 11.3 Å². The van der Waals surface area contributed by atoms with Gasteiger partial charge in [-0.3, -0.25) is 19.2 Å². The van der Waals surface area contributed by atoms with Gasteiger partial charge in [0.1, 0.15) is 28.7 Å². The van der Waals surface area contributed by atoms with E-state index in [0.717, 1.165) is 104 Å². The maximum absolute atomic E-state index is 14.0. The molecular formula is C55H72N10O7S2. The summed E-state index contributed by atoms with van der Waals surface area (Å²) in [6.07, 6.45) is 8.85. The van der Waals surface area contributed by atoms with Crippen molar-refractivity contribution in [2.75, 3.05) is 55.7 Å². The smallest absolute Gasteiger partial charge is 0.246 e. The molecule has 6 aliphatic rings. The van der Waals surface area contributed by atoms with Crippen LogP contribution in [0.3, 0.4) is 0 Å². The van der Waals surface area contributed by atoms with Crippen LogP contribution in [0.1, 0.15) is 96.4 Å². The number of hydrogen-bond donors (Lipinski definition) is 4. The third-order valence-corrected chi connectivity index (χ3v) is 18.6. The number of rotatable bonds is 13. The lowest BCUT2D eigenvalue weighted by Crippen LogP contribution is -2.62. The number of hydrogen-bond acceptors (Lipinski definition) is 15. The molecule has 19 heteroatoms. The average Bonchev–Trinajstić information content (AvgIpc) is 4.17. The van der Waals surface area contributed by atoms with Crippen molar-refractivity contribution in [3.8, 4) is 16.2 Å². The number of nitrogens with one attached hydrogen (secondary N) is 2. The molecule has 5 atom stereocenters. The van der Waals surface area contributed by atoms with E-state index < -0.39 is 29.5 Å². The average molecular weight is 1050 g/mol. The second-order valence-corrected chi connectivity index (χ2v) is 24.5. The predicted octanol–water partition coefficient (Wildman–Crippen LogP) is 5.73. The first-order chi connectivity index (χ1) is 35.4. The van der Waals surface area contributed by atoms with Crippen molar-refractivity contribution >= 4 is 58.2 Å². The Bertz CT molecular complexity index is 2710. The van der Waals surface area contributed by atoms with Gasteiger partial charge in [0.15, 0.2) is 0 Å². The molecule has 17 nitrogen and oxygen atoms in total. The first-order valence-corrected chi connectivity index (χ1v) is 28.2. The summed E-state index contributed by atoms with van der Waals surface area (Å²) in [5.41, 5.74) is 13.1. The van der Waals surface area contributed by atoms with Crippen LogP contribution in [0, 0.1) is 23.7 Å². The number of piperidine rings is 1. The Hall–Kier alpha value is -5.34. The Balaban J connectivity index is 0.721. The minimum absolute atomic E-state index is 0.00134. The molecule has 1 saturated carbocycles. The van der Waals surface area contributed by atoms with E-state index in [1.807, 2.05) is 68.7 Å². The van der Waals surface area contributed by atoms with Gasteiger partial charge in [0.25, 0.3) is 0 Å². The van der Waals surface area contributed by atoms with Crippen LogP contribution in [0.15, 0.2) is 64.2 Å². The van der Waals surface area contributed by atoms with Crippen LogP contribution in [0.5, 0.6) is 5.75 Å². The number of aromatic nitrogens is 3. The lowest BCUT2D eigenvalue weighted by atomic mass is 9.73. The topological polar surface area (TPSA) is 209 Å². The lowest BCUT2D eigenvalue weighted by molar-refractivity contribution is -0.143. The van der Waals surface area contributed by atoms with E-state index in [-0.39, 0.29) is 72.9 Å². The molecule has 5 aliphatic heterocycles. The fourth-order valence-corrected chi connectivity index (χ4v) is 13.8. The molecule has 5 N–H and O–H groups in total. The molecule has 0 unspecified atom stereocenters. The van der Waals surface area contributed by atoms with Crippen LogP contribution >= 0.6 is 23.1 Å². The number of fused-ring (bicyclic) bond motifs is 1. The second-order valence-electron chi connectivity index (χ2n) is 22.6. The Kier molecular flexibility index (Phi) is 15.0. The zero-order valence-electron chi connectivity index (χ0n) is 43.5. The highest BCUT2D eigenvalue weighted by molar-refractivity contribution is 7.99. The fourth-order valence-electron chi connectivity index (χ4n) is 12.0. The summed E-state index contributed by atoms with van der Waals surface area (Å²) in [5.74, 6) is 0.575. The van der Waals surface area contributed by atoms with Gasteiger partial charge < -0.3 is 50.5 Å². The van der Waals surface area contributed by atoms with Crippen molar-refractivity contribution in [2.24, 2.45) is 22.5 Å². The van der Waals surface area contributed by atoms with Gasteiger partial charge in [-0.25, -0.2) is 15.0 Å². The van der Waals surface area contributed by atoms with E-state index in [4.69, 9.17) is 25.2 Å². The van der Waals surface area contributed by atoms with Gasteiger partial charge in [0.2, 0.25) is 23.6 Å². The molecule has 74 heavy (non-hydrogen) atoms. The standard InChI is InChI=1S/C55H72N10O7S2/c1-32-48(73-31-60-32)36-10-11-37(24-59-51(68)43-23-39(67)29-65(43)53(70)50(54(4,5)6)61-34(3)66)44(22-36)72-40-14-12-35(13-15-40)52(69)63-27-38(28-63)64-19-16-41-42(64)8-7-9-45(41)74-47-26-57-46(25-58-47)62-20-17-55(18-21-62)30-71-33(2)49(55)56/h7-11,22,25-26,31,33,35,38-40,43,49-50,67H,12-21,23-24,27-30,56H2,1-6H3,(H,59,68)(H,61,66)/t33-,35?,39+,40?,43-,49+,50+/m0/s1. The summed E-state index contributed by atoms with van der Waals surface area (Å²) in [6.45, 7) is 16.0. The number of β-amino-alcohol motifs (C(OH)–C–C–N with tert-alkyl or cyclic N) is 1. The van der Waals surface area contributed by atoms with Crippen LogP contribution in [-0.4, -0.2) is 142 Å². The first-order valence-electron chi connectivity index (χ1n) is 26.5. The molecular weight excluding hydrogens is 977 g/mol. The third-order valence-electron chi connectivity index (χ3n) is 16.6. The van der Waals surface area contributed by atoms with E-state index in [0.29, 0.717) is 18.8 Å². The molecule has 4 amide bonds. The molecule has 4 saturated heterocycles. The van der Waals surface area contributed by atoms with E-state index in [1.165, 1.54) is 28.0 Å². The molecule has 4 aromatic rings. The third kappa shape index (κ3) is 10.7. The zero-order valence-corrected chi connectivity index (χ0v) is 45.2. The quantitative estimate of drug-likeness (QED) is 0.126. The maximum Gasteiger partial charge on any atom is 0.246 e. The highest BCUT2D eigenvalue weighted by Gasteiger charge is 2.48. The Morgan fingerprint density at radius 2 is 1.78 bits per heavy atom. The number of ether oxygens (including phenoxy) is 2. The first kappa shape index (κ1) is 52.1. The minimum atomic E-state index is -0.903. The Morgan fingerprint density at radius 1 is 1.01 bits per heavy atom. The molecule has 5 fully saturated rings. The van der Waals surface area contributed by atoms with Gasteiger partial charge >= 0.3 is 0 Å². The molecule has 0 radical (unpaired) electrons. The van der Waals surface area contributed by atoms with Gasteiger partial charge in [-0.05, 0) is 93.5 Å². The van der Waals surface area contributed by atoms with Crippen LogP contribution < -0.4 is 30.9 Å².